The van der Waals surface area contributed by atoms with Crippen LogP contribution in [0.25, 0.3) is 0 Å². The van der Waals surface area contributed by atoms with Gasteiger partial charge in [-0.05, 0) is 62.9 Å². The average Bonchev–Trinajstić information content (AvgIpc) is 2.60. The Kier molecular flexibility index (Phi) is 10.2. The van der Waals surface area contributed by atoms with Crippen molar-refractivity contribution in [2.45, 2.75) is 52.4 Å². The number of halogens is 2. The Labute approximate surface area is 181 Å². The summed E-state index contributed by atoms with van der Waals surface area (Å²) in [5.41, 5.74) is 2.20. The molecule has 5 nitrogen and oxygen atoms in total. The van der Waals surface area contributed by atoms with Gasteiger partial charge < -0.3 is 15.4 Å². The Morgan fingerprint density at radius 1 is 1.14 bits per heavy atom. The Bertz CT molecular complexity index is 596. The molecular weight excluding hydrogens is 397 g/mol. The molecule has 2 fully saturated rings. The van der Waals surface area contributed by atoms with Crippen molar-refractivity contribution in [3.8, 4) is 0 Å². The third kappa shape index (κ3) is 7.20. The monoisotopic (exact) mass is 431 g/mol. The smallest absolute Gasteiger partial charge is 0.251 e. The summed E-state index contributed by atoms with van der Waals surface area (Å²) < 4.78 is 5.79. The molecule has 2 aliphatic rings. The van der Waals surface area contributed by atoms with Crippen LogP contribution in [0.15, 0.2) is 24.3 Å². The van der Waals surface area contributed by atoms with Crippen molar-refractivity contribution in [2.24, 2.45) is 5.41 Å². The summed E-state index contributed by atoms with van der Waals surface area (Å²) in [7, 11) is 0. The van der Waals surface area contributed by atoms with Crippen molar-refractivity contribution in [3.63, 3.8) is 0 Å². The number of rotatable bonds is 5. The van der Waals surface area contributed by atoms with Crippen molar-refractivity contribution in [1.29, 1.82) is 0 Å². The SMILES string of the molecule is CC1CN(Cc2ccc(C(=O)NCC3(C)CCNCC3)cc2)CC(C)O1.Cl.Cl. The highest BCUT2D eigenvalue weighted by Gasteiger charge is 2.27. The van der Waals surface area contributed by atoms with Crippen LogP contribution in [0.4, 0.5) is 0 Å². The predicted molar refractivity (Wildman–Crippen MR) is 119 cm³/mol. The minimum atomic E-state index is 0. The Morgan fingerprint density at radius 2 is 1.71 bits per heavy atom. The Hall–Kier alpha value is -0.850. The largest absolute Gasteiger partial charge is 0.373 e. The molecule has 0 aliphatic carbocycles. The molecule has 1 amide bonds. The van der Waals surface area contributed by atoms with Crippen molar-refractivity contribution >= 4 is 30.7 Å². The van der Waals surface area contributed by atoms with Gasteiger partial charge in [-0.25, -0.2) is 0 Å². The van der Waals surface area contributed by atoms with Gasteiger partial charge in [-0.2, -0.15) is 0 Å². The summed E-state index contributed by atoms with van der Waals surface area (Å²) >= 11 is 0. The molecule has 28 heavy (non-hydrogen) atoms. The molecule has 1 aromatic rings. The second kappa shape index (κ2) is 11.4. The fourth-order valence-electron chi connectivity index (χ4n) is 4.04. The first-order valence-corrected chi connectivity index (χ1v) is 9.89. The molecule has 3 rings (SSSR count). The van der Waals surface area contributed by atoms with Crippen LogP contribution in [-0.2, 0) is 11.3 Å². The standard InChI is InChI=1S/C21H33N3O2.2ClH/c1-16-12-24(13-17(2)26-16)14-18-4-6-19(7-5-18)20(25)23-15-21(3)8-10-22-11-9-21;;/h4-7,16-17,22H,8-15H2,1-3H3,(H,23,25);2*1H. The van der Waals surface area contributed by atoms with Crippen LogP contribution < -0.4 is 10.6 Å². The molecule has 0 spiro atoms. The number of piperidine rings is 1. The van der Waals surface area contributed by atoms with Crippen molar-refractivity contribution in [1.82, 2.24) is 15.5 Å². The highest BCUT2D eigenvalue weighted by atomic mass is 35.5. The topological polar surface area (TPSA) is 53.6 Å². The van der Waals surface area contributed by atoms with Crippen LogP contribution in [0.5, 0.6) is 0 Å². The Balaban J connectivity index is 0.00000196. The molecule has 2 saturated heterocycles. The molecule has 1 aromatic carbocycles. The summed E-state index contributed by atoms with van der Waals surface area (Å²) in [6.45, 7) is 12.2. The molecule has 0 radical (unpaired) electrons. The number of benzene rings is 1. The van der Waals surface area contributed by atoms with Gasteiger partial charge in [-0.3, -0.25) is 9.69 Å². The van der Waals surface area contributed by atoms with E-state index in [0.29, 0.717) is 0 Å². The van der Waals surface area contributed by atoms with E-state index in [0.717, 1.165) is 57.7 Å². The second-order valence-electron chi connectivity index (χ2n) is 8.39. The lowest BCUT2D eigenvalue weighted by atomic mass is 9.81. The second-order valence-corrected chi connectivity index (χ2v) is 8.39. The number of amides is 1. The van der Waals surface area contributed by atoms with Crippen LogP contribution in [0.3, 0.4) is 0 Å². The van der Waals surface area contributed by atoms with Crippen molar-refractivity contribution in [3.05, 3.63) is 35.4 Å². The summed E-state index contributed by atoms with van der Waals surface area (Å²) in [5.74, 6) is 0.0323. The molecule has 160 valence electrons. The molecule has 0 aromatic heterocycles. The number of carbonyl (C=O) groups is 1. The van der Waals surface area contributed by atoms with E-state index in [1.807, 2.05) is 12.1 Å². The minimum absolute atomic E-state index is 0. The van der Waals surface area contributed by atoms with Gasteiger partial charge in [0.2, 0.25) is 0 Å². The zero-order valence-corrected chi connectivity index (χ0v) is 18.8. The number of hydrogen-bond acceptors (Lipinski definition) is 4. The van der Waals surface area contributed by atoms with Crippen molar-refractivity contribution in [2.75, 3.05) is 32.7 Å². The number of carbonyl (C=O) groups excluding carboxylic acids is 1. The Morgan fingerprint density at radius 3 is 2.29 bits per heavy atom. The van der Waals surface area contributed by atoms with E-state index in [-0.39, 0.29) is 48.3 Å². The first-order valence-electron chi connectivity index (χ1n) is 9.89. The van der Waals surface area contributed by atoms with Gasteiger partial charge in [-0.1, -0.05) is 19.1 Å². The van der Waals surface area contributed by atoms with E-state index < -0.39 is 0 Å². The van der Waals surface area contributed by atoms with Gasteiger partial charge in [-0.15, -0.1) is 24.8 Å². The molecular formula is C21H35Cl2N3O2. The number of nitrogens with zero attached hydrogens (tertiary/aromatic N) is 1. The average molecular weight is 432 g/mol. The summed E-state index contributed by atoms with van der Waals surface area (Å²) in [4.78, 5) is 14.9. The highest BCUT2D eigenvalue weighted by molar-refractivity contribution is 5.94. The molecule has 2 atom stereocenters. The van der Waals surface area contributed by atoms with Gasteiger partial charge in [0, 0.05) is 31.7 Å². The summed E-state index contributed by atoms with van der Waals surface area (Å²) in [5, 5.41) is 6.51. The lowest BCUT2D eigenvalue weighted by molar-refractivity contribution is -0.0704. The van der Waals surface area contributed by atoms with Crippen LogP contribution >= 0.6 is 24.8 Å². The van der Waals surface area contributed by atoms with Gasteiger partial charge in [0.1, 0.15) is 0 Å². The third-order valence-electron chi connectivity index (χ3n) is 5.60. The molecule has 2 unspecified atom stereocenters. The minimum Gasteiger partial charge on any atom is -0.373 e. The molecule has 2 heterocycles. The van der Waals surface area contributed by atoms with E-state index in [1.54, 1.807) is 0 Å². The maximum absolute atomic E-state index is 12.5. The van der Waals surface area contributed by atoms with Gasteiger partial charge in [0.05, 0.1) is 12.2 Å². The summed E-state index contributed by atoms with van der Waals surface area (Å²) in [6.07, 6.45) is 2.78. The lowest BCUT2D eigenvalue weighted by Crippen LogP contribution is -2.44. The lowest BCUT2D eigenvalue weighted by Gasteiger charge is -2.35. The van der Waals surface area contributed by atoms with Gasteiger partial charge >= 0.3 is 0 Å². The van der Waals surface area contributed by atoms with E-state index in [9.17, 15) is 4.79 Å². The zero-order chi connectivity index (χ0) is 18.6. The molecule has 2 aliphatic heterocycles. The molecule has 0 saturated carbocycles. The fraction of sp³-hybridized carbons (Fsp3) is 0.667. The normalized spacial score (nSPS) is 24.5. The van der Waals surface area contributed by atoms with Crippen LogP contribution in [0.1, 0.15) is 49.5 Å². The van der Waals surface area contributed by atoms with Gasteiger partial charge in [0.25, 0.3) is 5.91 Å². The van der Waals surface area contributed by atoms with Crippen molar-refractivity contribution < 1.29 is 9.53 Å². The van der Waals surface area contributed by atoms with E-state index in [4.69, 9.17) is 4.74 Å². The number of morpholine rings is 1. The van der Waals surface area contributed by atoms with E-state index in [1.165, 1.54) is 5.56 Å². The molecule has 7 heteroatoms. The predicted octanol–water partition coefficient (Wildman–Crippen LogP) is 3.26. The van der Waals surface area contributed by atoms with Crippen LogP contribution in [0, 0.1) is 5.41 Å². The zero-order valence-electron chi connectivity index (χ0n) is 17.2. The van der Waals surface area contributed by atoms with Crippen LogP contribution in [-0.4, -0.2) is 55.7 Å². The van der Waals surface area contributed by atoms with Gasteiger partial charge in [0.15, 0.2) is 0 Å². The highest BCUT2D eigenvalue weighted by Crippen LogP contribution is 2.26. The first kappa shape index (κ1) is 25.2. The first-order chi connectivity index (χ1) is 12.4. The van der Waals surface area contributed by atoms with E-state index in [2.05, 4.69) is 48.4 Å². The van der Waals surface area contributed by atoms with E-state index >= 15 is 0 Å². The fourth-order valence-corrected chi connectivity index (χ4v) is 4.04. The maximum atomic E-state index is 12.5. The maximum Gasteiger partial charge on any atom is 0.251 e. The molecule has 2 N–H and O–H groups in total. The quantitative estimate of drug-likeness (QED) is 0.750. The van der Waals surface area contributed by atoms with Crippen LogP contribution in [0.2, 0.25) is 0 Å². The number of hydrogen-bond donors (Lipinski definition) is 2. The number of ether oxygens (including phenoxy) is 1. The number of nitrogens with one attached hydrogen (secondary N) is 2. The molecule has 0 bridgehead atoms. The summed E-state index contributed by atoms with van der Waals surface area (Å²) in [6, 6.07) is 8.05. The third-order valence-corrected chi connectivity index (χ3v) is 5.60.